The van der Waals surface area contributed by atoms with Crippen molar-refractivity contribution in [3.63, 3.8) is 0 Å². The summed E-state index contributed by atoms with van der Waals surface area (Å²) in [6.07, 6.45) is 17.8. The summed E-state index contributed by atoms with van der Waals surface area (Å²) in [5.41, 5.74) is 17.7. The van der Waals surface area contributed by atoms with E-state index in [0.717, 1.165) is 112 Å². The van der Waals surface area contributed by atoms with Crippen molar-refractivity contribution in [1.82, 2.24) is 16.0 Å². The van der Waals surface area contributed by atoms with E-state index in [1.807, 2.05) is 27.7 Å². The molecule has 5 heterocycles. The van der Waals surface area contributed by atoms with Gasteiger partial charge >= 0.3 is 5.97 Å². The van der Waals surface area contributed by atoms with E-state index in [9.17, 15) is 20.1 Å². The first-order valence-electron chi connectivity index (χ1n) is 28.0. The second-order valence-electron chi connectivity index (χ2n) is 22.7. The van der Waals surface area contributed by atoms with Crippen LogP contribution >= 0.6 is 21.6 Å². The number of fused-ring (bicyclic) bond motifs is 11. The number of esters is 1. The van der Waals surface area contributed by atoms with Crippen LogP contribution in [0.4, 0.5) is 0 Å². The highest BCUT2D eigenvalue weighted by Gasteiger charge is 2.53. The van der Waals surface area contributed by atoms with E-state index in [4.69, 9.17) is 24.7 Å². The van der Waals surface area contributed by atoms with Crippen molar-refractivity contribution in [3.05, 3.63) is 129 Å². The zero-order valence-electron chi connectivity index (χ0n) is 44.2. The molecule has 10 unspecified atom stereocenters. The Labute approximate surface area is 460 Å². The first-order chi connectivity index (χ1) is 37.6. The summed E-state index contributed by atoms with van der Waals surface area (Å²) in [6.45, 7) is 2.33. The molecular weight excluding hydrogens is 1000 g/mol. The minimum Gasteiger partial charge on any atom is -0.508 e. The van der Waals surface area contributed by atoms with Gasteiger partial charge in [0.25, 0.3) is 0 Å². The van der Waals surface area contributed by atoms with Gasteiger partial charge in [-0.1, -0.05) is 94.6 Å². The van der Waals surface area contributed by atoms with Crippen molar-refractivity contribution in [2.75, 3.05) is 38.4 Å². The summed E-state index contributed by atoms with van der Waals surface area (Å²) in [4.78, 5) is 13.1. The quantitative estimate of drug-likeness (QED) is 0.0327. The van der Waals surface area contributed by atoms with Crippen LogP contribution in [0.25, 0.3) is 17.2 Å². The largest absolute Gasteiger partial charge is 0.508 e. The van der Waals surface area contributed by atoms with Gasteiger partial charge in [0.15, 0.2) is 11.5 Å². The first-order valence-corrected chi connectivity index (χ1v) is 30.5. The number of rotatable bonds is 11. The average Bonchev–Trinajstić information content (AvgIpc) is 4.22. The topological polar surface area (TPSA) is 177 Å². The highest BCUT2D eigenvalue weighted by Crippen LogP contribution is 2.64. The van der Waals surface area contributed by atoms with Crippen molar-refractivity contribution in [2.24, 2.45) is 23.5 Å². The molecule has 0 radical (unpaired) electrons. The molecule has 12 rings (SSSR count). The van der Waals surface area contributed by atoms with Gasteiger partial charge in [-0.15, -0.1) is 0 Å². The predicted molar refractivity (Wildman–Crippen MR) is 305 cm³/mol. The van der Waals surface area contributed by atoms with Gasteiger partial charge in [0.2, 0.25) is 0 Å². The number of methoxy groups -OCH3 is 1. The Kier molecular flexibility index (Phi) is 15.1. The maximum atomic E-state index is 13.1. The number of phenolic OH excluding ortho intramolecular Hbond substituents is 2. The number of carbonyl (C=O) groups is 1. The lowest BCUT2D eigenvalue weighted by molar-refractivity contribution is -0.141. The molecule has 10 atom stereocenters. The molecule has 3 aliphatic carbocycles. The van der Waals surface area contributed by atoms with Crippen LogP contribution in [0.2, 0.25) is 0 Å². The van der Waals surface area contributed by atoms with Crippen molar-refractivity contribution in [2.45, 2.75) is 132 Å². The maximum absolute atomic E-state index is 13.1. The summed E-state index contributed by atoms with van der Waals surface area (Å²) in [7, 11) is 5.44. The Morgan fingerprint density at radius 1 is 1.01 bits per heavy atom. The van der Waals surface area contributed by atoms with Gasteiger partial charge in [-0.2, -0.15) is 0 Å². The third-order valence-corrected chi connectivity index (χ3v) is 20.5. The number of aromatic hydroxyl groups is 2. The molecule has 1 spiro atoms. The zero-order valence-corrected chi connectivity index (χ0v) is 45.8. The van der Waals surface area contributed by atoms with Gasteiger partial charge in [0.05, 0.1) is 30.9 Å². The molecule has 14 heteroatoms. The minimum atomic E-state index is -0.708. The summed E-state index contributed by atoms with van der Waals surface area (Å²) in [5.74, 6) is 11.4. The molecule has 404 valence electrons. The van der Waals surface area contributed by atoms with E-state index in [-0.39, 0.29) is 67.6 Å². The number of phenols is 2. The van der Waals surface area contributed by atoms with Crippen molar-refractivity contribution in [1.29, 1.82) is 0 Å². The number of allylic oxidation sites excluding steroid dienone is 3. The monoisotopic (exact) mass is 1080 g/mol. The number of dihydropyridines is 1. The van der Waals surface area contributed by atoms with Gasteiger partial charge in [-0.3, -0.25) is 4.79 Å². The number of hydrogen-bond donors (Lipinski definition) is 7. The summed E-state index contributed by atoms with van der Waals surface area (Å²) < 4.78 is 27.4. The highest BCUT2D eigenvalue weighted by atomic mass is 33.1. The Balaban J connectivity index is 1.11. The van der Waals surface area contributed by atoms with E-state index >= 15 is 0 Å². The Hall–Kier alpha value is -5.53. The number of aliphatic hydroxyl groups excluding tert-OH is 1. The van der Waals surface area contributed by atoms with Crippen molar-refractivity contribution in [3.8, 4) is 51.7 Å². The standard InChI is InChI=1S/C63H72N4O8S2/c1-36(69)73-33-50-46-17-18-47-56-40(28-42(70)29-53(56)72-2)31-63-24-23-39(30-63)43(16-15-37-9-4-3-5-10-37)44-20-22-55(64)67-51(44)14-7-13-45-49(32-65-25-8-26-68)59(71)62-48(57(45)60(50)75-61(46)58(47)63)19-21-52-54(74-62)35-77-76-34-38-11-6-12-41(27-38)66-52/h3-5,9-10,17-22,28-29,38-39,41,43,50,52,54-55,60,65-68,70-71H,6,8,11-13,15-16,23-27,30-35,64H2,1-2H3. The number of aliphatic hydroxyl groups is 1. The van der Waals surface area contributed by atoms with E-state index < -0.39 is 23.6 Å². The van der Waals surface area contributed by atoms with Gasteiger partial charge in [0, 0.05) is 88.9 Å². The smallest absolute Gasteiger partial charge is 0.302 e. The second-order valence-corrected chi connectivity index (χ2v) is 25.2. The molecule has 4 aromatic carbocycles. The van der Waals surface area contributed by atoms with Gasteiger partial charge < -0.3 is 56.0 Å². The molecule has 8 N–H and O–H groups in total. The van der Waals surface area contributed by atoms with Crippen LogP contribution < -0.4 is 35.9 Å². The molecule has 0 aromatic heterocycles. The van der Waals surface area contributed by atoms with Crippen LogP contribution in [0.3, 0.4) is 0 Å². The number of aryl methyl sites for hydroxylation is 1. The molecule has 5 aliphatic heterocycles. The van der Waals surface area contributed by atoms with Crippen molar-refractivity contribution < 1.29 is 39.1 Å². The molecule has 6 bridgehead atoms. The number of hydrogen-bond acceptors (Lipinski definition) is 14. The Morgan fingerprint density at radius 2 is 1.88 bits per heavy atom. The fourth-order valence-electron chi connectivity index (χ4n) is 14.5. The SMILES string of the molecule is COc1cc(O)cc2c1-c1ccc3c4c1C1(CCC(C1)C(CCc1ccccc1)C1=C(C#CCc5c(CNCCCO)c(O)c6c(c5C(O4)C3COC(C)=O)C=CC3NC4CCCC(CSSCC3O6)C4)NC(N)C=C1)C2. The lowest BCUT2D eigenvalue weighted by atomic mass is 9.64. The highest BCUT2D eigenvalue weighted by molar-refractivity contribution is 8.76. The third kappa shape index (κ3) is 10.1. The third-order valence-electron chi connectivity index (χ3n) is 17.9. The zero-order chi connectivity index (χ0) is 52.8. The number of ether oxygens (including phenoxy) is 4. The molecule has 2 saturated carbocycles. The Bertz CT molecular complexity index is 3080. The normalized spacial score (nSPS) is 28.4. The summed E-state index contributed by atoms with van der Waals surface area (Å²) in [6, 6.07) is 18.9. The van der Waals surface area contributed by atoms with E-state index in [2.05, 4.69) is 94.6 Å². The molecule has 8 aliphatic rings. The van der Waals surface area contributed by atoms with Gasteiger partial charge in [-0.25, -0.2) is 0 Å². The van der Waals surface area contributed by atoms with Crippen LogP contribution in [0.5, 0.6) is 28.7 Å². The van der Waals surface area contributed by atoms with Crippen molar-refractivity contribution >= 4 is 33.6 Å². The summed E-state index contributed by atoms with van der Waals surface area (Å²) >= 11 is 0. The molecule has 0 amide bonds. The number of carbonyl (C=O) groups excluding carboxylic acids is 1. The van der Waals surface area contributed by atoms with E-state index in [1.165, 1.54) is 25.3 Å². The fourth-order valence-corrected chi connectivity index (χ4v) is 17.1. The van der Waals surface area contributed by atoms with Crippen LogP contribution in [-0.4, -0.2) is 84.0 Å². The molecule has 12 nitrogen and oxygen atoms in total. The van der Waals surface area contributed by atoms with Crippen LogP contribution in [-0.2, 0) is 40.8 Å². The Morgan fingerprint density at radius 3 is 2.73 bits per heavy atom. The summed E-state index contributed by atoms with van der Waals surface area (Å²) in [5, 5.41) is 45.4. The number of nitrogens with one attached hydrogen (secondary N) is 3. The van der Waals surface area contributed by atoms with Gasteiger partial charge in [0.1, 0.15) is 36.1 Å². The van der Waals surface area contributed by atoms with E-state index in [0.29, 0.717) is 54.2 Å². The molecule has 4 aromatic rings. The van der Waals surface area contributed by atoms with Crippen LogP contribution in [0.15, 0.2) is 84.1 Å². The molecular formula is C63H72N4O8S2. The van der Waals surface area contributed by atoms with E-state index in [1.54, 1.807) is 13.2 Å². The lowest BCUT2D eigenvalue weighted by Gasteiger charge is -2.40. The first kappa shape index (κ1) is 52.2. The average molecular weight is 1080 g/mol. The number of benzene rings is 4. The maximum Gasteiger partial charge on any atom is 0.302 e. The fraction of sp³-hybridized carbons (Fsp3) is 0.476. The second kappa shape index (κ2) is 22.3. The minimum absolute atomic E-state index is 0.0255. The number of nitrogens with two attached hydrogens (primary N) is 1. The van der Waals surface area contributed by atoms with Gasteiger partial charge in [-0.05, 0) is 134 Å². The molecule has 3 fully saturated rings. The predicted octanol–water partition coefficient (Wildman–Crippen LogP) is 9.81. The van der Waals surface area contributed by atoms with Crippen LogP contribution in [0, 0.1) is 29.6 Å². The molecule has 77 heavy (non-hydrogen) atoms. The van der Waals surface area contributed by atoms with Crippen LogP contribution in [0.1, 0.15) is 121 Å². The lowest BCUT2D eigenvalue weighted by Crippen LogP contribution is -2.49. The molecule has 1 saturated heterocycles.